The second-order valence-electron chi connectivity index (χ2n) is 6.89. The van der Waals surface area contributed by atoms with Crippen molar-refractivity contribution in [1.82, 2.24) is 10.3 Å². The van der Waals surface area contributed by atoms with Gasteiger partial charge in [-0.05, 0) is 35.9 Å². The van der Waals surface area contributed by atoms with Gasteiger partial charge in [0, 0.05) is 26.7 Å². The molecule has 4 aromatic rings. The number of hydrogen-bond donors (Lipinski definition) is 2. The van der Waals surface area contributed by atoms with E-state index in [-0.39, 0.29) is 12.3 Å². The maximum Gasteiger partial charge on any atom is 0.253 e. The molecule has 0 saturated carbocycles. The van der Waals surface area contributed by atoms with Gasteiger partial charge in [0.2, 0.25) is 5.91 Å². The quantitative estimate of drug-likeness (QED) is 0.407. The number of hydrogen-bond acceptors (Lipinski definition) is 3. The zero-order chi connectivity index (χ0) is 21.3. The first kappa shape index (κ1) is 20.3. The van der Waals surface area contributed by atoms with Crippen LogP contribution < -0.4 is 11.1 Å². The fourth-order valence-corrected chi connectivity index (χ4v) is 4.06. The number of fused-ring (bicyclic) bond motifs is 2. The van der Waals surface area contributed by atoms with E-state index in [9.17, 15) is 9.59 Å². The van der Waals surface area contributed by atoms with Gasteiger partial charge in [-0.15, -0.1) is 0 Å². The smallest absolute Gasteiger partial charge is 0.253 e. The number of primary amides is 1. The van der Waals surface area contributed by atoms with E-state index in [1.54, 1.807) is 18.2 Å². The Morgan fingerprint density at radius 3 is 2.20 bits per heavy atom. The number of nitrogens with one attached hydrogen (secondary N) is 1. The molecule has 5 nitrogen and oxygen atoms in total. The molecule has 1 atom stereocenters. The van der Waals surface area contributed by atoms with Crippen molar-refractivity contribution in [3.63, 3.8) is 0 Å². The lowest BCUT2D eigenvalue weighted by molar-refractivity contribution is -0.119. The fraction of sp³-hybridized carbons (Fsp3) is 0.0870. The second-order valence-corrected chi connectivity index (χ2v) is 8.18. The summed E-state index contributed by atoms with van der Waals surface area (Å²) in [6.07, 6.45) is 0.211. The van der Waals surface area contributed by atoms with E-state index in [1.807, 2.05) is 48.5 Å². The van der Waals surface area contributed by atoms with Crippen LogP contribution in [0.2, 0.25) is 5.02 Å². The molecule has 1 aromatic heterocycles. The van der Waals surface area contributed by atoms with Gasteiger partial charge in [0.1, 0.15) is 6.04 Å². The normalized spacial score (nSPS) is 12.1. The SMILES string of the molecule is NC(=O)[C@H](Cc1cc(Cl)ccc1Br)NC(=O)c1c2ccccc2nc2ccccc12. The van der Waals surface area contributed by atoms with E-state index in [2.05, 4.69) is 26.2 Å². The minimum Gasteiger partial charge on any atom is -0.368 e. The maximum absolute atomic E-state index is 13.3. The van der Waals surface area contributed by atoms with E-state index < -0.39 is 11.9 Å². The number of pyridine rings is 1. The molecule has 0 aliphatic rings. The summed E-state index contributed by atoms with van der Waals surface area (Å²) < 4.78 is 0.784. The van der Waals surface area contributed by atoms with E-state index in [0.29, 0.717) is 32.4 Å². The van der Waals surface area contributed by atoms with Crippen LogP contribution in [0, 0.1) is 0 Å². The molecular formula is C23H17BrClN3O2. The first-order valence-electron chi connectivity index (χ1n) is 9.25. The Morgan fingerprint density at radius 1 is 1.00 bits per heavy atom. The summed E-state index contributed by atoms with van der Waals surface area (Å²) >= 11 is 9.53. The Morgan fingerprint density at radius 2 is 1.60 bits per heavy atom. The van der Waals surface area contributed by atoms with Crippen molar-refractivity contribution < 1.29 is 9.59 Å². The van der Waals surface area contributed by atoms with Gasteiger partial charge in [0.15, 0.2) is 0 Å². The third kappa shape index (κ3) is 4.01. The average molecular weight is 483 g/mol. The molecule has 0 aliphatic carbocycles. The molecule has 150 valence electrons. The predicted molar refractivity (Wildman–Crippen MR) is 123 cm³/mol. The monoisotopic (exact) mass is 481 g/mol. The highest BCUT2D eigenvalue weighted by atomic mass is 79.9. The highest BCUT2D eigenvalue weighted by molar-refractivity contribution is 9.10. The number of nitrogens with two attached hydrogens (primary N) is 1. The number of rotatable bonds is 5. The van der Waals surface area contributed by atoms with Crippen LogP contribution in [-0.4, -0.2) is 22.8 Å². The van der Waals surface area contributed by atoms with Crippen molar-refractivity contribution in [1.29, 1.82) is 0 Å². The van der Waals surface area contributed by atoms with Crippen molar-refractivity contribution in [3.05, 3.63) is 87.4 Å². The predicted octanol–water partition coefficient (Wildman–Crippen LogP) is 4.63. The molecule has 0 spiro atoms. The zero-order valence-corrected chi connectivity index (χ0v) is 18.1. The summed E-state index contributed by atoms with van der Waals surface area (Å²) in [6, 6.07) is 19.2. The standard InChI is InChI=1S/C23H17BrClN3O2/c24-17-10-9-14(25)11-13(17)12-20(22(26)29)28-23(30)21-15-5-1-3-7-18(15)27-19-8-4-2-6-16(19)21/h1-11,20H,12H2,(H2,26,29)(H,28,30)/t20-/m0/s1. The number of para-hydroxylation sites is 2. The number of carbonyl (C=O) groups is 2. The molecule has 0 radical (unpaired) electrons. The molecule has 3 aromatic carbocycles. The van der Waals surface area contributed by atoms with Crippen LogP contribution in [0.1, 0.15) is 15.9 Å². The highest BCUT2D eigenvalue weighted by Crippen LogP contribution is 2.27. The van der Waals surface area contributed by atoms with Gasteiger partial charge in [-0.2, -0.15) is 0 Å². The van der Waals surface area contributed by atoms with Crippen LogP contribution in [0.3, 0.4) is 0 Å². The fourth-order valence-electron chi connectivity index (χ4n) is 3.46. The maximum atomic E-state index is 13.3. The molecular weight excluding hydrogens is 466 g/mol. The van der Waals surface area contributed by atoms with E-state index in [4.69, 9.17) is 17.3 Å². The van der Waals surface area contributed by atoms with Crippen molar-refractivity contribution >= 4 is 61.2 Å². The number of halogens is 2. The van der Waals surface area contributed by atoms with E-state index in [1.165, 1.54) is 0 Å². The lowest BCUT2D eigenvalue weighted by Gasteiger charge is -2.18. The molecule has 0 unspecified atom stereocenters. The van der Waals surface area contributed by atoms with Crippen LogP contribution in [0.5, 0.6) is 0 Å². The van der Waals surface area contributed by atoms with Crippen LogP contribution in [0.4, 0.5) is 0 Å². The summed E-state index contributed by atoms with van der Waals surface area (Å²) in [4.78, 5) is 30.1. The Hall–Kier alpha value is -2.96. The van der Waals surface area contributed by atoms with Gasteiger partial charge in [-0.1, -0.05) is 63.9 Å². The van der Waals surface area contributed by atoms with Gasteiger partial charge >= 0.3 is 0 Å². The topological polar surface area (TPSA) is 85.1 Å². The zero-order valence-electron chi connectivity index (χ0n) is 15.7. The highest BCUT2D eigenvalue weighted by Gasteiger charge is 2.23. The Kier molecular flexibility index (Phi) is 5.70. The third-order valence-electron chi connectivity index (χ3n) is 4.90. The lowest BCUT2D eigenvalue weighted by Crippen LogP contribution is -2.46. The van der Waals surface area contributed by atoms with Crippen molar-refractivity contribution in [2.45, 2.75) is 12.5 Å². The molecule has 4 rings (SSSR count). The second kappa shape index (κ2) is 8.42. The lowest BCUT2D eigenvalue weighted by atomic mass is 10.0. The number of carbonyl (C=O) groups excluding carboxylic acids is 2. The van der Waals surface area contributed by atoms with Gasteiger partial charge in [-0.25, -0.2) is 4.98 Å². The first-order chi connectivity index (χ1) is 14.4. The number of benzene rings is 3. The summed E-state index contributed by atoms with van der Waals surface area (Å²) in [6.45, 7) is 0. The van der Waals surface area contributed by atoms with Gasteiger partial charge in [-0.3, -0.25) is 9.59 Å². The molecule has 2 amide bonds. The number of aromatic nitrogens is 1. The van der Waals surface area contributed by atoms with Crippen LogP contribution in [-0.2, 0) is 11.2 Å². The van der Waals surface area contributed by atoms with E-state index >= 15 is 0 Å². The van der Waals surface area contributed by atoms with Crippen LogP contribution in [0.15, 0.2) is 71.2 Å². The van der Waals surface area contributed by atoms with Gasteiger partial charge in [0.05, 0.1) is 16.6 Å². The molecule has 0 aliphatic heterocycles. The molecule has 0 fully saturated rings. The molecule has 30 heavy (non-hydrogen) atoms. The van der Waals surface area contributed by atoms with E-state index in [0.717, 1.165) is 10.0 Å². The van der Waals surface area contributed by atoms with Gasteiger partial charge < -0.3 is 11.1 Å². The third-order valence-corrected chi connectivity index (χ3v) is 5.90. The molecule has 3 N–H and O–H groups in total. The van der Waals surface area contributed by atoms with Crippen LogP contribution >= 0.6 is 27.5 Å². The Bertz CT molecular complexity index is 1240. The Labute approximate surface area is 186 Å². The van der Waals surface area contributed by atoms with Crippen molar-refractivity contribution in [2.75, 3.05) is 0 Å². The summed E-state index contributed by atoms with van der Waals surface area (Å²) in [5.74, 6) is -1.01. The molecule has 7 heteroatoms. The number of nitrogens with zero attached hydrogens (tertiary/aromatic N) is 1. The Balaban J connectivity index is 1.75. The number of amides is 2. The summed E-state index contributed by atoms with van der Waals surface area (Å²) in [5.41, 5.74) is 8.26. The van der Waals surface area contributed by atoms with Gasteiger partial charge in [0.25, 0.3) is 5.91 Å². The van der Waals surface area contributed by atoms with Crippen molar-refractivity contribution in [3.8, 4) is 0 Å². The summed E-state index contributed by atoms with van der Waals surface area (Å²) in [5, 5.41) is 4.76. The minimum atomic E-state index is -0.905. The first-order valence-corrected chi connectivity index (χ1v) is 10.4. The summed E-state index contributed by atoms with van der Waals surface area (Å²) in [7, 11) is 0. The minimum absolute atomic E-state index is 0.211. The van der Waals surface area contributed by atoms with Crippen molar-refractivity contribution in [2.24, 2.45) is 5.73 Å². The largest absolute Gasteiger partial charge is 0.368 e. The van der Waals surface area contributed by atoms with Crippen LogP contribution in [0.25, 0.3) is 21.8 Å². The molecule has 1 heterocycles. The molecule has 0 saturated heterocycles. The molecule has 0 bridgehead atoms. The average Bonchev–Trinajstić information content (AvgIpc) is 2.73.